The molecule has 0 saturated heterocycles. The number of hydroxylamine groups is 1. The molecule has 0 unspecified atom stereocenters. The van der Waals surface area contributed by atoms with E-state index in [1.807, 2.05) is 43.3 Å². The predicted octanol–water partition coefficient (Wildman–Crippen LogP) is 3.87. The lowest BCUT2D eigenvalue weighted by molar-refractivity contribution is 0.150. The number of rotatable bonds is 4. The molecule has 0 heterocycles. The number of hydrogen-bond donors (Lipinski definition) is 2. The Morgan fingerprint density at radius 2 is 1.84 bits per heavy atom. The Morgan fingerprint density at radius 3 is 2.53 bits per heavy atom. The fraction of sp³-hybridized carbons (Fsp3) is 0.125. The second-order valence-corrected chi connectivity index (χ2v) is 4.41. The van der Waals surface area contributed by atoms with Crippen LogP contribution in [0.5, 0.6) is 0 Å². The largest absolute Gasteiger partial charge is 0.316 e. The molecule has 0 aromatic heterocycles. The van der Waals surface area contributed by atoms with Crippen molar-refractivity contribution < 1.29 is 9.60 Å². The standard InChI is InChI=1S/C16H16FNO/c1-12(18-19)5-6-13-3-2-4-15(11-13)14-7-9-16(17)10-8-14/h2-12,18-19H,1H3/b6-5+/t12-/m1/s1. The van der Waals surface area contributed by atoms with E-state index in [0.29, 0.717) is 0 Å². The molecule has 19 heavy (non-hydrogen) atoms. The summed E-state index contributed by atoms with van der Waals surface area (Å²) in [7, 11) is 0. The number of hydrogen-bond acceptors (Lipinski definition) is 2. The van der Waals surface area contributed by atoms with Crippen molar-refractivity contribution in [2.75, 3.05) is 0 Å². The SMILES string of the molecule is C[C@H](/C=C/c1cccc(-c2ccc(F)cc2)c1)NO. The molecule has 0 amide bonds. The molecule has 2 aromatic carbocycles. The van der Waals surface area contributed by atoms with Gasteiger partial charge in [0, 0.05) is 6.04 Å². The van der Waals surface area contributed by atoms with Crippen molar-refractivity contribution in [3.63, 3.8) is 0 Å². The third-order valence-electron chi connectivity index (χ3n) is 2.85. The zero-order valence-corrected chi connectivity index (χ0v) is 10.7. The Hall–Kier alpha value is -1.97. The lowest BCUT2D eigenvalue weighted by Gasteiger charge is -2.04. The van der Waals surface area contributed by atoms with Crippen LogP contribution in [0.1, 0.15) is 12.5 Å². The Bertz CT molecular complexity index is 563. The molecule has 0 fully saturated rings. The molecule has 3 heteroatoms. The van der Waals surface area contributed by atoms with Crippen molar-refractivity contribution >= 4 is 6.08 Å². The summed E-state index contributed by atoms with van der Waals surface area (Å²) in [5.41, 5.74) is 5.20. The highest BCUT2D eigenvalue weighted by atomic mass is 19.1. The van der Waals surface area contributed by atoms with Crippen LogP contribution < -0.4 is 5.48 Å². The van der Waals surface area contributed by atoms with Gasteiger partial charge in [-0.3, -0.25) is 0 Å². The minimum atomic E-state index is -0.234. The summed E-state index contributed by atoms with van der Waals surface area (Å²) in [5.74, 6) is -0.234. The van der Waals surface area contributed by atoms with Gasteiger partial charge in [-0.05, 0) is 41.8 Å². The molecular formula is C16H16FNO. The van der Waals surface area contributed by atoms with Crippen LogP contribution in [0.15, 0.2) is 54.6 Å². The average Bonchev–Trinajstić information content (AvgIpc) is 2.46. The van der Waals surface area contributed by atoms with E-state index < -0.39 is 0 Å². The summed E-state index contributed by atoms with van der Waals surface area (Å²) in [5, 5.41) is 8.73. The fourth-order valence-corrected chi connectivity index (χ4v) is 1.76. The van der Waals surface area contributed by atoms with Crippen LogP contribution in [0.25, 0.3) is 17.2 Å². The molecule has 0 saturated carbocycles. The highest BCUT2D eigenvalue weighted by Gasteiger charge is 1.99. The molecule has 1 atom stereocenters. The van der Waals surface area contributed by atoms with Crippen LogP contribution in [0.2, 0.25) is 0 Å². The highest BCUT2D eigenvalue weighted by molar-refractivity contribution is 5.67. The van der Waals surface area contributed by atoms with Crippen LogP contribution >= 0.6 is 0 Å². The van der Waals surface area contributed by atoms with Gasteiger partial charge < -0.3 is 5.21 Å². The lowest BCUT2D eigenvalue weighted by Crippen LogP contribution is -2.18. The molecule has 0 radical (unpaired) electrons. The van der Waals surface area contributed by atoms with Gasteiger partial charge in [0.25, 0.3) is 0 Å². The Morgan fingerprint density at radius 1 is 1.11 bits per heavy atom. The van der Waals surface area contributed by atoms with E-state index in [2.05, 4.69) is 5.48 Å². The molecule has 2 nitrogen and oxygen atoms in total. The summed E-state index contributed by atoms with van der Waals surface area (Å²) in [6, 6.07) is 14.3. The van der Waals surface area contributed by atoms with Crippen molar-refractivity contribution in [1.82, 2.24) is 5.48 Å². The second kappa shape index (κ2) is 6.27. The zero-order chi connectivity index (χ0) is 13.7. The summed E-state index contributed by atoms with van der Waals surface area (Å²) in [6.07, 6.45) is 3.80. The molecule has 0 aliphatic heterocycles. The number of benzene rings is 2. The predicted molar refractivity (Wildman–Crippen MR) is 75.3 cm³/mol. The molecule has 2 rings (SSSR count). The van der Waals surface area contributed by atoms with E-state index in [9.17, 15) is 4.39 Å². The van der Waals surface area contributed by atoms with Crippen LogP contribution in [0.4, 0.5) is 4.39 Å². The van der Waals surface area contributed by atoms with E-state index in [4.69, 9.17) is 5.21 Å². The first-order chi connectivity index (χ1) is 9.19. The zero-order valence-electron chi connectivity index (χ0n) is 10.7. The van der Waals surface area contributed by atoms with Gasteiger partial charge in [-0.15, -0.1) is 0 Å². The molecular weight excluding hydrogens is 241 g/mol. The normalized spacial score (nSPS) is 12.8. The summed E-state index contributed by atoms with van der Waals surface area (Å²) >= 11 is 0. The molecule has 2 aromatic rings. The third kappa shape index (κ3) is 3.74. The fourth-order valence-electron chi connectivity index (χ4n) is 1.76. The minimum absolute atomic E-state index is 0.102. The quantitative estimate of drug-likeness (QED) is 0.815. The first-order valence-corrected chi connectivity index (χ1v) is 6.13. The monoisotopic (exact) mass is 257 g/mol. The Kier molecular flexibility index (Phi) is 4.44. The minimum Gasteiger partial charge on any atom is -0.316 e. The maximum atomic E-state index is 12.9. The molecule has 98 valence electrons. The van der Waals surface area contributed by atoms with Gasteiger partial charge in [0.2, 0.25) is 0 Å². The Balaban J connectivity index is 2.24. The van der Waals surface area contributed by atoms with Crippen molar-refractivity contribution in [1.29, 1.82) is 0 Å². The van der Waals surface area contributed by atoms with Gasteiger partial charge in [0.05, 0.1) is 0 Å². The molecule has 0 spiro atoms. The molecule has 2 N–H and O–H groups in total. The number of nitrogens with one attached hydrogen (secondary N) is 1. The maximum Gasteiger partial charge on any atom is 0.123 e. The number of halogens is 1. The summed E-state index contributed by atoms with van der Waals surface area (Å²) in [6.45, 7) is 1.85. The van der Waals surface area contributed by atoms with E-state index in [-0.39, 0.29) is 11.9 Å². The highest BCUT2D eigenvalue weighted by Crippen LogP contribution is 2.21. The van der Waals surface area contributed by atoms with Crippen LogP contribution in [-0.2, 0) is 0 Å². The molecule has 0 bridgehead atoms. The third-order valence-corrected chi connectivity index (χ3v) is 2.85. The summed E-state index contributed by atoms with van der Waals surface area (Å²) < 4.78 is 12.9. The lowest BCUT2D eigenvalue weighted by atomic mass is 10.0. The van der Waals surface area contributed by atoms with Gasteiger partial charge in [-0.25, -0.2) is 4.39 Å². The van der Waals surface area contributed by atoms with Crippen molar-refractivity contribution in [2.45, 2.75) is 13.0 Å². The maximum absolute atomic E-state index is 12.9. The second-order valence-electron chi connectivity index (χ2n) is 4.41. The van der Waals surface area contributed by atoms with E-state index >= 15 is 0 Å². The van der Waals surface area contributed by atoms with E-state index in [1.165, 1.54) is 12.1 Å². The van der Waals surface area contributed by atoms with E-state index in [1.54, 1.807) is 12.1 Å². The van der Waals surface area contributed by atoms with Crippen molar-refractivity contribution in [2.24, 2.45) is 0 Å². The Labute approximate surface area is 112 Å². The van der Waals surface area contributed by atoms with Crippen LogP contribution in [-0.4, -0.2) is 11.2 Å². The smallest absolute Gasteiger partial charge is 0.123 e. The molecule has 0 aliphatic carbocycles. The van der Waals surface area contributed by atoms with Crippen molar-refractivity contribution in [3.05, 3.63) is 66.0 Å². The van der Waals surface area contributed by atoms with Gasteiger partial charge in [0.15, 0.2) is 0 Å². The van der Waals surface area contributed by atoms with Crippen LogP contribution in [0.3, 0.4) is 0 Å². The van der Waals surface area contributed by atoms with Gasteiger partial charge in [0.1, 0.15) is 5.82 Å². The topological polar surface area (TPSA) is 32.3 Å². The summed E-state index contributed by atoms with van der Waals surface area (Å²) in [4.78, 5) is 0. The first kappa shape index (κ1) is 13.5. The van der Waals surface area contributed by atoms with Gasteiger partial charge >= 0.3 is 0 Å². The van der Waals surface area contributed by atoms with E-state index in [0.717, 1.165) is 16.7 Å². The van der Waals surface area contributed by atoms with Gasteiger partial charge in [-0.1, -0.05) is 42.5 Å². The first-order valence-electron chi connectivity index (χ1n) is 6.13. The molecule has 0 aliphatic rings. The van der Waals surface area contributed by atoms with Crippen LogP contribution in [0, 0.1) is 5.82 Å². The average molecular weight is 257 g/mol. The van der Waals surface area contributed by atoms with Gasteiger partial charge in [-0.2, -0.15) is 5.48 Å². The van der Waals surface area contributed by atoms with Crippen molar-refractivity contribution in [3.8, 4) is 11.1 Å².